The molecule has 0 saturated heterocycles. The molecule has 0 atom stereocenters. The zero-order valence-electron chi connectivity index (χ0n) is 16.7. The van der Waals surface area contributed by atoms with Crippen LogP contribution in [0.4, 0.5) is 4.39 Å². The first-order valence-electron chi connectivity index (χ1n) is 9.91. The first-order valence-corrected chi connectivity index (χ1v) is 9.91. The molecule has 1 aromatic heterocycles. The first kappa shape index (κ1) is 19.6. The van der Waals surface area contributed by atoms with Gasteiger partial charge in [0.25, 0.3) is 5.91 Å². The molecule has 4 aromatic rings. The summed E-state index contributed by atoms with van der Waals surface area (Å²) in [7, 11) is 0. The Morgan fingerprint density at radius 1 is 0.967 bits per heavy atom. The summed E-state index contributed by atoms with van der Waals surface area (Å²) >= 11 is 0. The van der Waals surface area contributed by atoms with Crippen LogP contribution in [0.25, 0.3) is 10.8 Å². The van der Waals surface area contributed by atoms with Crippen molar-refractivity contribution < 1.29 is 9.18 Å². The van der Waals surface area contributed by atoms with E-state index >= 15 is 0 Å². The molecule has 30 heavy (non-hydrogen) atoms. The van der Waals surface area contributed by atoms with Crippen molar-refractivity contribution >= 4 is 16.7 Å². The van der Waals surface area contributed by atoms with Crippen molar-refractivity contribution in [2.75, 3.05) is 6.54 Å². The van der Waals surface area contributed by atoms with Gasteiger partial charge in [-0.2, -0.15) is 0 Å². The fraction of sp³-hybridized carbons (Fsp3) is 0.115. The molecule has 3 aromatic carbocycles. The monoisotopic (exact) mass is 398 g/mol. The number of aromatic nitrogens is 1. The maximum absolute atomic E-state index is 13.5. The minimum atomic E-state index is -0.249. The van der Waals surface area contributed by atoms with E-state index in [-0.39, 0.29) is 11.7 Å². The second-order valence-electron chi connectivity index (χ2n) is 7.29. The van der Waals surface area contributed by atoms with Crippen molar-refractivity contribution in [1.29, 1.82) is 0 Å². The summed E-state index contributed by atoms with van der Waals surface area (Å²) in [5.74, 6) is -0.292. The van der Waals surface area contributed by atoms with E-state index in [4.69, 9.17) is 0 Å². The van der Waals surface area contributed by atoms with Crippen molar-refractivity contribution in [2.24, 2.45) is 0 Å². The largest absolute Gasteiger partial charge is 0.345 e. The fourth-order valence-electron chi connectivity index (χ4n) is 3.65. The van der Waals surface area contributed by atoms with Crippen LogP contribution in [0, 0.1) is 5.82 Å². The van der Waals surface area contributed by atoms with Crippen molar-refractivity contribution in [3.05, 3.63) is 120 Å². The summed E-state index contributed by atoms with van der Waals surface area (Å²) in [6.45, 7) is 5.25. The Kier molecular flexibility index (Phi) is 5.75. The van der Waals surface area contributed by atoms with Crippen molar-refractivity contribution in [1.82, 2.24) is 9.47 Å². The molecule has 0 N–H and O–H groups in total. The third kappa shape index (κ3) is 4.33. The zero-order valence-corrected chi connectivity index (χ0v) is 16.7. The van der Waals surface area contributed by atoms with Gasteiger partial charge >= 0.3 is 0 Å². The number of halogens is 1. The van der Waals surface area contributed by atoms with Crippen LogP contribution in [0.1, 0.15) is 21.6 Å². The number of benzene rings is 3. The topological polar surface area (TPSA) is 25.2 Å². The van der Waals surface area contributed by atoms with Gasteiger partial charge in [0.05, 0.1) is 6.54 Å². The van der Waals surface area contributed by atoms with Crippen molar-refractivity contribution in [3.63, 3.8) is 0 Å². The van der Waals surface area contributed by atoms with E-state index in [2.05, 4.69) is 6.58 Å². The van der Waals surface area contributed by atoms with Crippen LogP contribution >= 0.6 is 0 Å². The summed E-state index contributed by atoms with van der Waals surface area (Å²) in [5.41, 5.74) is 2.51. The average molecular weight is 398 g/mol. The van der Waals surface area contributed by atoms with Crippen molar-refractivity contribution in [2.45, 2.75) is 13.1 Å². The van der Waals surface area contributed by atoms with Crippen LogP contribution in [0.2, 0.25) is 0 Å². The lowest BCUT2D eigenvalue weighted by Crippen LogP contribution is -2.31. The second kappa shape index (κ2) is 8.78. The highest BCUT2D eigenvalue weighted by atomic mass is 19.1. The quantitative estimate of drug-likeness (QED) is 0.369. The normalized spacial score (nSPS) is 10.8. The number of hydrogen-bond acceptors (Lipinski definition) is 1. The molecule has 0 aliphatic heterocycles. The van der Waals surface area contributed by atoms with Crippen molar-refractivity contribution in [3.8, 4) is 0 Å². The lowest BCUT2D eigenvalue weighted by atomic mass is 10.1. The molecule has 0 radical (unpaired) electrons. The highest BCUT2D eigenvalue weighted by molar-refractivity contribution is 5.98. The van der Waals surface area contributed by atoms with Gasteiger partial charge < -0.3 is 9.47 Å². The van der Waals surface area contributed by atoms with Crippen LogP contribution in [0.15, 0.2) is 97.7 Å². The molecule has 0 bridgehead atoms. The highest BCUT2D eigenvalue weighted by Crippen LogP contribution is 2.19. The third-order valence-electron chi connectivity index (χ3n) is 5.15. The minimum absolute atomic E-state index is 0.0424. The summed E-state index contributed by atoms with van der Waals surface area (Å²) in [4.78, 5) is 15.0. The number of rotatable bonds is 7. The zero-order chi connectivity index (χ0) is 20.9. The fourth-order valence-corrected chi connectivity index (χ4v) is 3.65. The lowest BCUT2D eigenvalue weighted by molar-refractivity contribution is 0.0759. The van der Waals surface area contributed by atoms with Gasteiger partial charge in [0, 0.05) is 30.5 Å². The van der Waals surface area contributed by atoms with E-state index in [1.165, 1.54) is 12.1 Å². The standard InChI is InChI=1S/C26H23FN2O/c1-2-14-29(26(30)23-13-12-21-8-3-4-9-22(21)17-23)19-25-11-6-15-28(25)18-20-7-5-10-24(27)16-20/h2-13,15-17H,1,14,18-19H2. The molecule has 0 unspecified atom stereocenters. The number of amides is 1. The summed E-state index contributed by atoms with van der Waals surface area (Å²) < 4.78 is 15.6. The first-order chi connectivity index (χ1) is 14.6. The van der Waals surface area contributed by atoms with E-state index in [0.29, 0.717) is 25.2 Å². The van der Waals surface area contributed by atoms with Gasteiger partial charge in [-0.25, -0.2) is 4.39 Å². The molecule has 0 fully saturated rings. The Bertz CT molecular complexity index is 1190. The van der Waals surface area contributed by atoms with Gasteiger partial charge in [-0.1, -0.05) is 48.5 Å². The van der Waals surface area contributed by atoms with E-state index in [1.54, 1.807) is 17.0 Å². The summed E-state index contributed by atoms with van der Waals surface area (Å²) in [6.07, 6.45) is 3.69. The van der Waals surface area contributed by atoms with Gasteiger partial charge in [0.2, 0.25) is 0 Å². The predicted octanol–water partition coefficient (Wildman–Crippen LogP) is 5.66. The van der Waals surface area contributed by atoms with Crippen LogP contribution in [0.3, 0.4) is 0 Å². The molecule has 1 amide bonds. The van der Waals surface area contributed by atoms with Gasteiger partial charge in [0.15, 0.2) is 0 Å². The smallest absolute Gasteiger partial charge is 0.254 e. The molecule has 4 rings (SSSR count). The SMILES string of the molecule is C=CCN(Cc1cccn1Cc1cccc(F)c1)C(=O)c1ccc2ccccc2c1. The second-order valence-corrected chi connectivity index (χ2v) is 7.29. The average Bonchev–Trinajstić information content (AvgIpc) is 3.19. The summed E-state index contributed by atoms with van der Waals surface area (Å²) in [6, 6.07) is 24.3. The van der Waals surface area contributed by atoms with Gasteiger partial charge in [-0.05, 0) is 52.7 Å². The van der Waals surface area contributed by atoms with Gasteiger partial charge in [-0.3, -0.25) is 4.79 Å². The minimum Gasteiger partial charge on any atom is -0.345 e. The third-order valence-corrected chi connectivity index (χ3v) is 5.15. The number of carbonyl (C=O) groups is 1. The van der Waals surface area contributed by atoms with E-state index in [0.717, 1.165) is 22.0 Å². The Balaban J connectivity index is 1.57. The van der Waals surface area contributed by atoms with Crippen LogP contribution < -0.4 is 0 Å². The highest BCUT2D eigenvalue weighted by Gasteiger charge is 2.17. The van der Waals surface area contributed by atoms with Crippen LogP contribution in [0.5, 0.6) is 0 Å². The predicted molar refractivity (Wildman–Crippen MR) is 119 cm³/mol. The molecule has 0 aliphatic carbocycles. The molecule has 0 spiro atoms. The molecule has 150 valence electrons. The van der Waals surface area contributed by atoms with E-state index in [9.17, 15) is 9.18 Å². The molecule has 4 heteroatoms. The Labute approximate surface area is 175 Å². The number of hydrogen-bond donors (Lipinski definition) is 0. The number of carbonyl (C=O) groups excluding carboxylic acids is 1. The molecule has 1 heterocycles. The molecule has 3 nitrogen and oxygen atoms in total. The molecule has 0 saturated carbocycles. The molecular formula is C26H23FN2O. The Hall–Kier alpha value is -3.66. The molecular weight excluding hydrogens is 375 g/mol. The van der Waals surface area contributed by atoms with Gasteiger partial charge in [0.1, 0.15) is 5.82 Å². The van der Waals surface area contributed by atoms with E-state index < -0.39 is 0 Å². The number of nitrogens with zero attached hydrogens (tertiary/aromatic N) is 2. The van der Waals surface area contributed by atoms with Gasteiger partial charge in [-0.15, -0.1) is 6.58 Å². The number of fused-ring (bicyclic) bond motifs is 1. The summed E-state index contributed by atoms with van der Waals surface area (Å²) in [5, 5.41) is 2.14. The Morgan fingerprint density at radius 2 is 1.80 bits per heavy atom. The lowest BCUT2D eigenvalue weighted by Gasteiger charge is -2.22. The van der Waals surface area contributed by atoms with Crippen LogP contribution in [-0.4, -0.2) is 21.9 Å². The molecule has 0 aliphatic rings. The maximum Gasteiger partial charge on any atom is 0.254 e. The van der Waals surface area contributed by atoms with E-state index in [1.807, 2.05) is 71.4 Å². The van der Waals surface area contributed by atoms with Crippen LogP contribution in [-0.2, 0) is 13.1 Å². The maximum atomic E-state index is 13.5. The Morgan fingerprint density at radius 3 is 2.60 bits per heavy atom.